The summed E-state index contributed by atoms with van der Waals surface area (Å²) in [4.78, 5) is 27.1. The molecule has 2 aliphatic heterocycles. The first-order chi connectivity index (χ1) is 14.1. The predicted molar refractivity (Wildman–Crippen MR) is 108 cm³/mol. The maximum atomic E-state index is 12.3. The SMILES string of the molecule is Cc1nnc(-c2ccc(NC(=O)C(=O)NCC3CCCN4CCCCC34)cc2)o1. The first-order valence-corrected chi connectivity index (χ1v) is 10.3. The molecule has 0 bridgehead atoms. The molecule has 2 aliphatic rings. The van der Waals surface area contributed by atoms with E-state index in [1.165, 1.54) is 19.3 Å². The largest absolute Gasteiger partial charge is 0.421 e. The van der Waals surface area contributed by atoms with Crippen molar-refractivity contribution in [1.29, 1.82) is 0 Å². The Bertz CT molecular complexity index is 861. The Morgan fingerprint density at radius 3 is 2.62 bits per heavy atom. The van der Waals surface area contributed by atoms with Crippen molar-refractivity contribution in [2.75, 3.05) is 25.0 Å². The van der Waals surface area contributed by atoms with Gasteiger partial charge in [0.15, 0.2) is 0 Å². The number of carbonyl (C=O) groups is 2. The predicted octanol–water partition coefficient (Wildman–Crippen LogP) is 2.36. The highest BCUT2D eigenvalue weighted by Gasteiger charge is 2.33. The molecule has 1 aromatic carbocycles. The third-order valence-corrected chi connectivity index (χ3v) is 5.88. The highest BCUT2D eigenvalue weighted by atomic mass is 16.4. The molecule has 4 rings (SSSR count). The zero-order valence-electron chi connectivity index (χ0n) is 16.7. The minimum Gasteiger partial charge on any atom is -0.421 e. The summed E-state index contributed by atoms with van der Waals surface area (Å²) in [5.41, 5.74) is 1.30. The normalized spacial score (nSPS) is 22.0. The van der Waals surface area contributed by atoms with Crippen molar-refractivity contribution in [3.05, 3.63) is 30.2 Å². The average Bonchev–Trinajstić information content (AvgIpc) is 3.18. The maximum Gasteiger partial charge on any atom is 0.313 e. The maximum absolute atomic E-state index is 12.3. The van der Waals surface area contributed by atoms with E-state index >= 15 is 0 Å². The zero-order valence-corrected chi connectivity index (χ0v) is 16.7. The number of rotatable bonds is 4. The summed E-state index contributed by atoms with van der Waals surface area (Å²) in [5.74, 6) is 0.0981. The van der Waals surface area contributed by atoms with E-state index < -0.39 is 11.8 Å². The van der Waals surface area contributed by atoms with Gasteiger partial charge in [-0.1, -0.05) is 6.42 Å². The van der Waals surface area contributed by atoms with E-state index in [-0.39, 0.29) is 0 Å². The van der Waals surface area contributed by atoms with Crippen molar-refractivity contribution in [3.8, 4) is 11.5 Å². The molecule has 0 radical (unpaired) electrons. The Labute approximate surface area is 170 Å². The lowest BCUT2D eigenvalue weighted by Gasteiger charge is -2.44. The van der Waals surface area contributed by atoms with Crippen LogP contribution in [0.5, 0.6) is 0 Å². The molecule has 1 aromatic heterocycles. The fourth-order valence-corrected chi connectivity index (χ4v) is 4.42. The van der Waals surface area contributed by atoms with E-state index in [0.29, 0.717) is 36.0 Å². The van der Waals surface area contributed by atoms with Crippen molar-refractivity contribution in [2.24, 2.45) is 5.92 Å². The molecule has 0 saturated carbocycles. The van der Waals surface area contributed by atoms with Gasteiger partial charge < -0.3 is 20.0 Å². The Balaban J connectivity index is 1.28. The van der Waals surface area contributed by atoms with E-state index in [0.717, 1.165) is 31.5 Å². The van der Waals surface area contributed by atoms with Crippen molar-refractivity contribution in [2.45, 2.75) is 45.1 Å². The number of aromatic nitrogens is 2. The number of nitrogens with zero attached hydrogens (tertiary/aromatic N) is 3. The van der Waals surface area contributed by atoms with Crippen LogP contribution in [0.2, 0.25) is 0 Å². The number of fused-ring (bicyclic) bond motifs is 1. The molecule has 2 saturated heterocycles. The third-order valence-electron chi connectivity index (χ3n) is 5.88. The molecule has 0 spiro atoms. The van der Waals surface area contributed by atoms with Crippen LogP contribution >= 0.6 is 0 Å². The van der Waals surface area contributed by atoms with Gasteiger partial charge >= 0.3 is 11.8 Å². The Morgan fingerprint density at radius 2 is 1.86 bits per heavy atom. The van der Waals surface area contributed by atoms with Gasteiger partial charge in [0.2, 0.25) is 11.8 Å². The first kappa shape index (κ1) is 19.6. The Morgan fingerprint density at radius 1 is 1.07 bits per heavy atom. The van der Waals surface area contributed by atoms with Crippen LogP contribution in [0, 0.1) is 12.8 Å². The van der Waals surface area contributed by atoms with Gasteiger partial charge in [-0.25, -0.2) is 0 Å². The monoisotopic (exact) mass is 397 g/mol. The zero-order chi connectivity index (χ0) is 20.2. The van der Waals surface area contributed by atoms with Gasteiger partial charge in [-0.2, -0.15) is 0 Å². The molecule has 8 nitrogen and oxygen atoms in total. The second-order valence-electron chi connectivity index (χ2n) is 7.87. The van der Waals surface area contributed by atoms with Crippen molar-refractivity contribution < 1.29 is 14.0 Å². The summed E-state index contributed by atoms with van der Waals surface area (Å²) in [6, 6.07) is 7.49. The van der Waals surface area contributed by atoms with E-state index in [1.54, 1.807) is 31.2 Å². The second kappa shape index (κ2) is 8.73. The summed E-state index contributed by atoms with van der Waals surface area (Å²) in [6.07, 6.45) is 5.99. The number of hydrogen-bond donors (Lipinski definition) is 2. The molecule has 3 heterocycles. The van der Waals surface area contributed by atoms with E-state index in [4.69, 9.17) is 4.42 Å². The van der Waals surface area contributed by atoms with Crippen molar-refractivity contribution in [1.82, 2.24) is 20.4 Å². The first-order valence-electron chi connectivity index (χ1n) is 10.3. The molecular weight excluding hydrogens is 370 g/mol. The lowest BCUT2D eigenvalue weighted by atomic mass is 9.83. The molecule has 8 heteroatoms. The molecule has 0 aliphatic carbocycles. The summed E-state index contributed by atoms with van der Waals surface area (Å²) in [7, 11) is 0. The number of nitrogens with one attached hydrogen (secondary N) is 2. The number of amides is 2. The van der Waals surface area contributed by atoms with E-state index in [2.05, 4.69) is 25.7 Å². The molecule has 2 atom stereocenters. The van der Waals surface area contributed by atoms with Crippen LogP contribution in [-0.4, -0.2) is 52.6 Å². The second-order valence-corrected chi connectivity index (χ2v) is 7.87. The number of hydrogen-bond acceptors (Lipinski definition) is 6. The van der Waals surface area contributed by atoms with Crippen LogP contribution in [0.3, 0.4) is 0 Å². The molecule has 2 amide bonds. The molecule has 2 aromatic rings. The quantitative estimate of drug-likeness (QED) is 0.768. The molecule has 2 N–H and O–H groups in total. The summed E-state index contributed by atoms with van der Waals surface area (Å²) in [6.45, 7) is 4.61. The highest BCUT2D eigenvalue weighted by Crippen LogP contribution is 2.30. The van der Waals surface area contributed by atoms with Crippen LogP contribution in [0.1, 0.15) is 38.0 Å². The standard InChI is InChI=1S/C21H27N5O3/c1-14-24-25-21(29-14)15-7-9-17(10-8-15)23-20(28)19(27)22-13-16-5-4-12-26-11-3-2-6-18(16)26/h7-10,16,18H,2-6,11-13H2,1H3,(H,22,27)(H,23,28). The number of aryl methyl sites for hydroxylation is 1. The van der Waals surface area contributed by atoms with Gasteiger partial charge in [-0.05, 0) is 69.0 Å². The minimum atomic E-state index is -0.650. The van der Waals surface area contributed by atoms with Gasteiger partial charge in [0.25, 0.3) is 0 Å². The fraction of sp³-hybridized carbons (Fsp3) is 0.524. The Kier molecular flexibility index (Phi) is 5.89. The highest BCUT2D eigenvalue weighted by molar-refractivity contribution is 6.39. The van der Waals surface area contributed by atoms with Crippen molar-refractivity contribution >= 4 is 17.5 Å². The summed E-state index contributed by atoms with van der Waals surface area (Å²) in [5, 5.41) is 13.2. The fourth-order valence-electron chi connectivity index (χ4n) is 4.42. The lowest BCUT2D eigenvalue weighted by molar-refractivity contribution is -0.136. The molecule has 29 heavy (non-hydrogen) atoms. The van der Waals surface area contributed by atoms with Crippen LogP contribution in [0.4, 0.5) is 5.69 Å². The van der Waals surface area contributed by atoms with Gasteiger partial charge in [0.1, 0.15) is 0 Å². The topological polar surface area (TPSA) is 100 Å². The number of carbonyl (C=O) groups excluding carboxylic acids is 2. The van der Waals surface area contributed by atoms with Gasteiger partial charge in [0.05, 0.1) is 0 Å². The summed E-state index contributed by atoms with van der Waals surface area (Å²) >= 11 is 0. The molecule has 2 unspecified atom stereocenters. The number of piperidine rings is 2. The van der Waals surface area contributed by atoms with Crippen molar-refractivity contribution in [3.63, 3.8) is 0 Å². The van der Waals surface area contributed by atoms with Crippen LogP contribution in [0.25, 0.3) is 11.5 Å². The smallest absolute Gasteiger partial charge is 0.313 e. The number of anilines is 1. The lowest BCUT2D eigenvalue weighted by Crippen LogP contribution is -2.51. The van der Waals surface area contributed by atoms with E-state index in [9.17, 15) is 9.59 Å². The van der Waals surface area contributed by atoms with Crippen LogP contribution in [0.15, 0.2) is 28.7 Å². The van der Waals surface area contributed by atoms with E-state index in [1.807, 2.05) is 0 Å². The average molecular weight is 397 g/mol. The van der Waals surface area contributed by atoms with Gasteiger partial charge in [-0.15, -0.1) is 10.2 Å². The number of benzene rings is 1. The summed E-state index contributed by atoms with van der Waals surface area (Å²) < 4.78 is 5.38. The van der Waals surface area contributed by atoms with Gasteiger partial charge in [-0.3, -0.25) is 9.59 Å². The van der Waals surface area contributed by atoms with Crippen LogP contribution < -0.4 is 10.6 Å². The van der Waals surface area contributed by atoms with Gasteiger partial charge in [0, 0.05) is 30.8 Å². The van der Waals surface area contributed by atoms with Crippen LogP contribution in [-0.2, 0) is 9.59 Å². The Hall–Kier alpha value is -2.74. The minimum absolute atomic E-state index is 0.419. The third kappa shape index (κ3) is 4.64. The molecule has 154 valence electrons. The molecule has 2 fully saturated rings. The molecular formula is C21H27N5O3.